The van der Waals surface area contributed by atoms with Gasteiger partial charge in [-0.3, -0.25) is 10.1 Å². The van der Waals surface area contributed by atoms with Crippen molar-refractivity contribution in [2.45, 2.75) is 25.1 Å². The molecule has 0 aliphatic heterocycles. The van der Waals surface area contributed by atoms with E-state index in [1.165, 1.54) is 0 Å². The van der Waals surface area contributed by atoms with Crippen LogP contribution < -0.4 is 5.32 Å². The summed E-state index contributed by atoms with van der Waals surface area (Å²) in [6.07, 6.45) is -1.76. The van der Waals surface area contributed by atoms with E-state index >= 15 is 0 Å². The van der Waals surface area contributed by atoms with Gasteiger partial charge in [-0.1, -0.05) is 0 Å². The Bertz CT molecular complexity index is 532. The topological polar surface area (TPSA) is 71.3 Å². The third-order valence-electron chi connectivity index (χ3n) is 3.32. The summed E-state index contributed by atoms with van der Waals surface area (Å²) in [7, 11) is 1.92. The van der Waals surface area contributed by atoms with E-state index in [4.69, 9.17) is 0 Å². The van der Waals surface area contributed by atoms with Gasteiger partial charge in [-0.25, -0.2) is 4.98 Å². The number of nitrogens with zero attached hydrogens (tertiary/aromatic N) is 3. The van der Waals surface area contributed by atoms with Crippen LogP contribution in [0.4, 0.5) is 24.5 Å². The molecule has 0 spiro atoms. The second-order valence-corrected chi connectivity index (χ2v) is 4.98. The van der Waals surface area contributed by atoms with Crippen molar-refractivity contribution in [2.75, 3.05) is 25.5 Å². The number of nitrogens with one attached hydrogen (secondary N) is 1. The second kappa shape index (κ2) is 5.84. The molecule has 1 saturated carbocycles. The number of alkyl halides is 3. The Morgan fingerprint density at radius 3 is 2.71 bits per heavy atom. The normalized spacial score (nSPS) is 15.3. The van der Waals surface area contributed by atoms with Crippen molar-refractivity contribution >= 4 is 11.4 Å². The smallest absolute Gasteiger partial charge is 0.378 e. The highest BCUT2D eigenvalue weighted by Gasteiger charge is 2.34. The summed E-state index contributed by atoms with van der Waals surface area (Å²) in [5, 5.41) is 13.5. The average molecular weight is 304 g/mol. The second-order valence-electron chi connectivity index (χ2n) is 4.98. The fourth-order valence-corrected chi connectivity index (χ4v) is 1.96. The molecule has 9 heteroatoms. The van der Waals surface area contributed by atoms with Crippen molar-refractivity contribution in [1.82, 2.24) is 9.88 Å². The van der Waals surface area contributed by atoms with Gasteiger partial charge in [0.2, 0.25) is 0 Å². The largest absolute Gasteiger partial charge is 0.433 e. The number of anilines is 1. The van der Waals surface area contributed by atoms with E-state index in [0.29, 0.717) is 31.4 Å². The van der Waals surface area contributed by atoms with Gasteiger partial charge in [0.15, 0.2) is 0 Å². The molecule has 0 amide bonds. The zero-order chi connectivity index (χ0) is 15.6. The van der Waals surface area contributed by atoms with Crippen LogP contribution in [0, 0.1) is 10.1 Å². The Hall–Kier alpha value is -1.90. The number of hydrogen-bond donors (Lipinski definition) is 1. The number of hydrogen-bond acceptors (Lipinski definition) is 5. The van der Waals surface area contributed by atoms with E-state index in [1.807, 2.05) is 7.05 Å². The Morgan fingerprint density at radius 1 is 1.52 bits per heavy atom. The maximum absolute atomic E-state index is 12.6. The molecule has 1 N–H and O–H groups in total. The molecule has 6 nitrogen and oxygen atoms in total. The van der Waals surface area contributed by atoms with Crippen LogP contribution in [-0.4, -0.2) is 41.0 Å². The molecule has 1 aliphatic rings. The standard InChI is InChI=1S/C12H15F3N4O2/c1-18(8-2-3-8)5-4-16-9-6-11(12(13,14)15)17-7-10(9)19(20)21/h6-8H,2-5H2,1H3,(H,16,17). The minimum Gasteiger partial charge on any atom is -0.378 e. The molecule has 0 radical (unpaired) electrons. The van der Waals surface area contributed by atoms with Crippen molar-refractivity contribution in [3.63, 3.8) is 0 Å². The van der Waals surface area contributed by atoms with Crippen LogP contribution in [0.1, 0.15) is 18.5 Å². The number of halogens is 3. The van der Waals surface area contributed by atoms with Crippen molar-refractivity contribution in [3.05, 3.63) is 28.1 Å². The molecule has 2 rings (SSSR count). The zero-order valence-electron chi connectivity index (χ0n) is 11.4. The first-order chi connectivity index (χ1) is 9.79. The van der Waals surface area contributed by atoms with Crippen LogP contribution in [0.15, 0.2) is 12.3 Å². The number of pyridine rings is 1. The van der Waals surface area contributed by atoms with E-state index < -0.39 is 22.5 Å². The Morgan fingerprint density at radius 2 is 2.19 bits per heavy atom. The minimum absolute atomic E-state index is 0.161. The fourth-order valence-electron chi connectivity index (χ4n) is 1.96. The van der Waals surface area contributed by atoms with E-state index in [0.717, 1.165) is 12.8 Å². The predicted molar refractivity (Wildman–Crippen MR) is 70.0 cm³/mol. The highest BCUT2D eigenvalue weighted by Crippen LogP contribution is 2.32. The third-order valence-corrected chi connectivity index (χ3v) is 3.32. The lowest BCUT2D eigenvalue weighted by Crippen LogP contribution is -2.27. The Kier molecular flexibility index (Phi) is 4.31. The first-order valence-electron chi connectivity index (χ1n) is 6.45. The summed E-state index contributed by atoms with van der Waals surface area (Å²) in [4.78, 5) is 15.3. The molecule has 0 aromatic carbocycles. The lowest BCUT2D eigenvalue weighted by Gasteiger charge is -2.16. The molecule has 0 atom stereocenters. The van der Waals surface area contributed by atoms with Crippen LogP contribution in [0.5, 0.6) is 0 Å². The Labute approximate surface area is 119 Å². The van der Waals surface area contributed by atoms with Gasteiger partial charge in [0.1, 0.15) is 17.6 Å². The van der Waals surface area contributed by atoms with Crippen LogP contribution in [-0.2, 0) is 6.18 Å². The summed E-state index contributed by atoms with van der Waals surface area (Å²) in [6, 6.07) is 1.19. The molecule has 1 fully saturated rings. The minimum atomic E-state index is -4.63. The van der Waals surface area contributed by atoms with Gasteiger partial charge in [-0.05, 0) is 26.0 Å². The molecule has 0 saturated heterocycles. The summed E-state index contributed by atoms with van der Waals surface area (Å²) in [5.41, 5.74) is -1.77. The molecule has 116 valence electrons. The molecule has 0 unspecified atom stereocenters. The molecule has 1 aromatic heterocycles. The zero-order valence-corrected chi connectivity index (χ0v) is 11.4. The quantitative estimate of drug-likeness (QED) is 0.646. The van der Waals surface area contributed by atoms with E-state index in [1.54, 1.807) is 0 Å². The van der Waals surface area contributed by atoms with E-state index in [-0.39, 0.29) is 5.69 Å². The van der Waals surface area contributed by atoms with Crippen LogP contribution in [0.2, 0.25) is 0 Å². The van der Waals surface area contributed by atoms with Crippen molar-refractivity contribution in [2.24, 2.45) is 0 Å². The number of rotatable bonds is 6. The highest BCUT2D eigenvalue weighted by atomic mass is 19.4. The van der Waals surface area contributed by atoms with Crippen LogP contribution >= 0.6 is 0 Å². The van der Waals surface area contributed by atoms with E-state index in [9.17, 15) is 23.3 Å². The molecule has 0 bridgehead atoms. The van der Waals surface area contributed by atoms with Crippen molar-refractivity contribution < 1.29 is 18.1 Å². The van der Waals surface area contributed by atoms with E-state index in [2.05, 4.69) is 15.2 Å². The van der Waals surface area contributed by atoms with Gasteiger partial charge in [-0.2, -0.15) is 13.2 Å². The fraction of sp³-hybridized carbons (Fsp3) is 0.583. The first-order valence-corrected chi connectivity index (χ1v) is 6.45. The lowest BCUT2D eigenvalue weighted by molar-refractivity contribution is -0.384. The third kappa shape index (κ3) is 4.03. The van der Waals surface area contributed by atoms with Crippen molar-refractivity contribution in [3.8, 4) is 0 Å². The predicted octanol–water partition coefficient (Wildman–Crippen LogP) is 2.51. The summed E-state index contributed by atoms with van der Waals surface area (Å²) in [6.45, 7) is 0.931. The maximum Gasteiger partial charge on any atom is 0.433 e. The maximum atomic E-state index is 12.6. The monoisotopic (exact) mass is 304 g/mol. The van der Waals surface area contributed by atoms with Gasteiger partial charge in [0.05, 0.1) is 4.92 Å². The SMILES string of the molecule is CN(CCNc1cc(C(F)(F)F)ncc1[N+](=O)[O-])C1CC1. The lowest BCUT2D eigenvalue weighted by atomic mass is 10.2. The highest BCUT2D eigenvalue weighted by molar-refractivity contribution is 5.61. The van der Waals surface area contributed by atoms with Gasteiger partial charge < -0.3 is 10.2 Å². The van der Waals surface area contributed by atoms with Crippen LogP contribution in [0.25, 0.3) is 0 Å². The number of nitro groups is 1. The summed E-state index contributed by atoms with van der Waals surface area (Å²) >= 11 is 0. The molecule has 1 aliphatic carbocycles. The molecular weight excluding hydrogens is 289 g/mol. The van der Waals surface area contributed by atoms with Gasteiger partial charge in [0.25, 0.3) is 0 Å². The molecule has 1 aromatic rings. The van der Waals surface area contributed by atoms with Crippen molar-refractivity contribution in [1.29, 1.82) is 0 Å². The van der Waals surface area contributed by atoms with Crippen LogP contribution in [0.3, 0.4) is 0 Å². The van der Waals surface area contributed by atoms with Gasteiger partial charge >= 0.3 is 11.9 Å². The number of aromatic nitrogens is 1. The van der Waals surface area contributed by atoms with Gasteiger partial charge in [0, 0.05) is 19.1 Å². The number of likely N-dealkylation sites (N-methyl/N-ethyl adjacent to an activating group) is 1. The first kappa shape index (κ1) is 15.5. The molecular formula is C12H15F3N4O2. The average Bonchev–Trinajstić information content (AvgIpc) is 3.21. The van der Waals surface area contributed by atoms with Gasteiger partial charge in [-0.15, -0.1) is 0 Å². The summed E-state index contributed by atoms with van der Waals surface area (Å²) < 4.78 is 37.8. The summed E-state index contributed by atoms with van der Waals surface area (Å²) in [5.74, 6) is 0. The molecule has 1 heterocycles. The molecule has 21 heavy (non-hydrogen) atoms. The Balaban J connectivity index is 2.08.